The summed E-state index contributed by atoms with van der Waals surface area (Å²) in [5.74, 6) is 1.11. The average molecular weight is 350 g/mol. The number of hydrogen-bond acceptors (Lipinski definition) is 3. The molecule has 0 radical (unpaired) electrons. The SMILES string of the molecule is CN(C(=O)c1ccccc1)C1CCC2(CC1)CNCc1ccccc1O2. The van der Waals surface area contributed by atoms with E-state index in [1.54, 1.807) is 0 Å². The van der Waals surface area contributed by atoms with Gasteiger partial charge in [-0.2, -0.15) is 0 Å². The molecule has 0 atom stereocenters. The first kappa shape index (κ1) is 17.1. The summed E-state index contributed by atoms with van der Waals surface area (Å²) in [6.07, 6.45) is 3.87. The maximum Gasteiger partial charge on any atom is 0.253 e. The molecule has 0 bridgehead atoms. The molecule has 0 saturated heterocycles. The third-order valence-electron chi connectivity index (χ3n) is 5.82. The summed E-state index contributed by atoms with van der Waals surface area (Å²) in [6, 6.07) is 18.1. The lowest BCUT2D eigenvalue weighted by atomic mass is 9.81. The molecule has 1 aliphatic heterocycles. The van der Waals surface area contributed by atoms with Crippen LogP contribution in [0.1, 0.15) is 41.6 Å². The minimum absolute atomic E-state index is 0.108. The van der Waals surface area contributed by atoms with Crippen LogP contribution < -0.4 is 10.1 Å². The molecule has 4 nitrogen and oxygen atoms in total. The van der Waals surface area contributed by atoms with Gasteiger partial charge in [0.25, 0.3) is 5.91 Å². The van der Waals surface area contributed by atoms with E-state index in [9.17, 15) is 4.79 Å². The zero-order valence-corrected chi connectivity index (χ0v) is 15.3. The molecule has 0 aromatic heterocycles. The molecule has 1 amide bonds. The first-order chi connectivity index (χ1) is 12.7. The van der Waals surface area contributed by atoms with Gasteiger partial charge in [0.1, 0.15) is 11.4 Å². The predicted molar refractivity (Wildman–Crippen MR) is 102 cm³/mol. The summed E-state index contributed by atoms with van der Waals surface area (Å²) in [5, 5.41) is 3.55. The minimum atomic E-state index is -0.153. The number of carbonyl (C=O) groups is 1. The third kappa shape index (κ3) is 3.34. The van der Waals surface area contributed by atoms with Crippen molar-refractivity contribution in [3.63, 3.8) is 0 Å². The molecule has 4 rings (SSSR count). The summed E-state index contributed by atoms with van der Waals surface area (Å²) in [6.45, 7) is 1.72. The van der Waals surface area contributed by atoms with E-state index < -0.39 is 0 Å². The highest BCUT2D eigenvalue weighted by Gasteiger charge is 2.40. The zero-order chi connectivity index (χ0) is 18.0. The summed E-state index contributed by atoms with van der Waals surface area (Å²) in [5.41, 5.74) is 1.83. The standard InChI is InChI=1S/C22H26N2O2/c1-24(21(25)17-7-3-2-4-8-17)19-11-13-22(14-12-19)16-23-15-18-9-5-6-10-20(18)26-22/h2-10,19,23H,11-16H2,1H3. The number of carbonyl (C=O) groups excluding carboxylic acids is 1. The molecule has 4 heteroatoms. The second-order valence-corrected chi connectivity index (χ2v) is 7.51. The van der Waals surface area contributed by atoms with Crippen LogP contribution in [0.15, 0.2) is 54.6 Å². The summed E-state index contributed by atoms with van der Waals surface area (Å²) < 4.78 is 6.49. The molecule has 1 saturated carbocycles. The van der Waals surface area contributed by atoms with Crippen LogP contribution in [0.4, 0.5) is 0 Å². The van der Waals surface area contributed by atoms with Gasteiger partial charge in [-0.3, -0.25) is 4.79 Å². The van der Waals surface area contributed by atoms with Crippen LogP contribution in [-0.2, 0) is 6.54 Å². The Morgan fingerprint density at radius 1 is 1.08 bits per heavy atom. The average Bonchev–Trinajstić information content (AvgIpc) is 2.87. The molecule has 2 aromatic carbocycles. The fourth-order valence-corrected chi connectivity index (χ4v) is 4.19. The number of fused-ring (bicyclic) bond motifs is 1. The number of rotatable bonds is 2. The van der Waals surface area contributed by atoms with Gasteiger partial charge in [-0.05, 0) is 43.9 Å². The lowest BCUT2D eigenvalue weighted by Gasteiger charge is -2.42. The Balaban J connectivity index is 1.43. The number of amides is 1. The molecule has 2 aromatic rings. The Labute approximate surface area is 155 Å². The molecule has 1 aliphatic carbocycles. The Morgan fingerprint density at radius 2 is 1.77 bits per heavy atom. The zero-order valence-electron chi connectivity index (χ0n) is 15.3. The van der Waals surface area contributed by atoms with Crippen molar-refractivity contribution in [1.29, 1.82) is 0 Å². The predicted octanol–water partition coefficient (Wildman–Crippen LogP) is 3.62. The van der Waals surface area contributed by atoms with Crippen LogP contribution in [-0.4, -0.2) is 36.0 Å². The van der Waals surface area contributed by atoms with E-state index in [4.69, 9.17) is 4.74 Å². The summed E-state index contributed by atoms with van der Waals surface area (Å²) in [7, 11) is 1.93. The molecular weight excluding hydrogens is 324 g/mol. The number of hydrogen-bond donors (Lipinski definition) is 1. The van der Waals surface area contributed by atoms with Crippen molar-refractivity contribution in [3.05, 3.63) is 65.7 Å². The largest absolute Gasteiger partial charge is 0.486 e. The fourth-order valence-electron chi connectivity index (χ4n) is 4.19. The van der Waals surface area contributed by atoms with Gasteiger partial charge in [0.05, 0.1) is 0 Å². The van der Waals surface area contributed by atoms with Gasteiger partial charge in [-0.25, -0.2) is 0 Å². The smallest absolute Gasteiger partial charge is 0.253 e. The highest BCUT2D eigenvalue weighted by atomic mass is 16.5. The van der Waals surface area contributed by atoms with Gasteiger partial charge in [0, 0.05) is 37.3 Å². The van der Waals surface area contributed by atoms with E-state index >= 15 is 0 Å². The van der Waals surface area contributed by atoms with Gasteiger partial charge in [0.15, 0.2) is 0 Å². The van der Waals surface area contributed by atoms with Crippen molar-refractivity contribution in [2.45, 2.75) is 43.9 Å². The van der Waals surface area contributed by atoms with E-state index in [0.717, 1.165) is 50.1 Å². The Morgan fingerprint density at radius 3 is 2.54 bits per heavy atom. The van der Waals surface area contributed by atoms with Crippen molar-refractivity contribution in [2.75, 3.05) is 13.6 Å². The number of benzene rings is 2. The van der Waals surface area contributed by atoms with Gasteiger partial charge < -0.3 is 15.0 Å². The number of ether oxygens (including phenoxy) is 1. The number of nitrogens with zero attached hydrogens (tertiary/aromatic N) is 1. The topological polar surface area (TPSA) is 41.6 Å². The number of para-hydroxylation sites is 1. The molecule has 26 heavy (non-hydrogen) atoms. The highest BCUT2D eigenvalue weighted by molar-refractivity contribution is 5.94. The van der Waals surface area contributed by atoms with Crippen molar-refractivity contribution in [3.8, 4) is 5.75 Å². The van der Waals surface area contributed by atoms with Crippen LogP contribution >= 0.6 is 0 Å². The fraction of sp³-hybridized carbons (Fsp3) is 0.409. The first-order valence-corrected chi connectivity index (χ1v) is 9.47. The van der Waals surface area contributed by atoms with Crippen molar-refractivity contribution >= 4 is 5.91 Å². The molecule has 1 fully saturated rings. The lowest BCUT2D eigenvalue weighted by molar-refractivity contribution is 0.0102. The van der Waals surface area contributed by atoms with E-state index in [1.807, 2.05) is 48.3 Å². The maximum atomic E-state index is 12.7. The quantitative estimate of drug-likeness (QED) is 0.899. The van der Waals surface area contributed by atoms with Crippen molar-refractivity contribution < 1.29 is 9.53 Å². The van der Waals surface area contributed by atoms with E-state index in [2.05, 4.69) is 23.5 Å². The van der Waals surface area contributed by atoms with E-state index in [0.29, 0.717) is 0 Å². The molecule has 136 valence electrons. The van der Waals surface area contributed by atoms with Crippen LogP contribution in [0.2, 0.25) is 0 Å². The highest BCUT2D eigenvalue weighted by Crippen LogP contribution is 2.37. The molecule has 1 spiro atoms. The summed E-state index contributed by atoms with van der Waals surface area (Å²) >= 11 is 0. The Hall–Kier alpha value is -2.33. The van der Waals surface area contributed by atoms with E-state index in [-0.39, 0.29) is 17.6 Å². The van der Waals surface area contributed by atoms with Crippen molar-refractivity contribution in [1.82, 2.24) is 10.2 Å². The summed E-state index contributed by atoms with van der Waals surface area (Å²) in [4.78, 5) is 14.6. The lowest BCUT2D eigenvalue weighted by Crippen LogP contribution is -2.51. The number of nitrogens with one attached hydrogen (secondary N) is 1. The second kappa shape index (κ2) is 7.12. The van der Waals surface area contributed by atoms with Crippen molar-refractivity contribution in [2.24, 2.45) is 0 Å². The van der Waals surface area contributed by atoms with Gasteiger partial charge in [-0.1, -0.05) is 36.4 Å². The monoisotopic (exact) mass is 350 g/mol. The normalized spacial score (nSPS) is 25.0. The molecule has 0 unspecified atom stereocenters. The molecular formula is C22H26N2O2. The maximum absolute atomic E-state index is 12.7. The minimum Gasteiger partial charge on any atom is -0.486 e. The Bertz CT molecular complexity index is 767. The van der Waals surface area contributed by atoms with Gasteiger partial charge in [-0.15, -0.1) is 0 Å². The molecule has 1 N–H and O–H groups in total. The van der Waals surface area contributed by atoms with Crippen LogP contribution in [0, 0.1) is 0 Å². The van der Waals surface area contributed by atoms with Crippen LogP contribution in [0.25, 0.3) is 0 Å². The van der Waals surface area contributed by atoms with Crippen LogP contribution in [0.3, 0.4) is 0 Å². The Kier molecular flexibility index (Phi) is 4.68. The first-order valence-electron chi connectivity index (χ1n) is 9.47. The van der Waals surface area contributed by atoms with Gasteiger partial charge >= 0.3 is 0 Å². The van der Waals surface area contributed by atoms with E-state index in [1.165, 1.54) is 5.56 Å². The third-order valence-corrected chi connectivity index (χ3v) is 5.82. The molecule has 1 heterocycles. The van der Waals surface area contributed by atoms with Gasteiger partial charge in [0.2, 0.25) is 0 Å². The second-order valence-electron chi connectivity index (χ2n) is 7.51. The molecule has 2 aliphatic rings. The van der Waals surface area contributed by atoms with Crippen LogP contribution in [0.5, 0.6) is 5.75 Å².